The molecule has 0 aromatic heterocycles. The van der Waals surface area contributed by atoms with Crippen LogP contribution in [0.3, 0.4) is 0 Å². The number of carbonyl (C=O) groups is 1. The number of benzene rings is 1. The summed E-state index contributed by atoms with van der Waals surface area (Å²) in [5.41, 5.74) is 2.07. The summed E-state index contributed by atoms with van der Waals surface area (Å²) >= 11 is 0. The molecule has 0 aliphatic carbocycles. The summed E-state index contributed by atoms with van der Waals surface area (Å²) in [6.45, 7) is 2.14. The van der Waals surface area contributed by atoms with Crippen molar-refractivity contribution in [3.05, 3.63) is 41.6 Å². The highest BCUT2D eigenvalue weighted by atomic mass is 19.2. The van der Waals surface area contributed by atoms with E-state index in [0.717, 1.165) is 48.6 Å². The van der Waals surface area contributed by atoms with Crippen molar-refractivity contribution in [2.45, 2.75) is 25.4 Å². The Labute approximate surface area is 135 Å². The van der Waals surface area contributed by atoms with Crippen LogP contribution in [0.25, 0.3) is 6.08 Å². The highest BCUT2D eigenvalue weighted by Crippen LogP contribution is 2.35. The predicted molar refractivity (Wildman–Crippen MR) is 86.1 cm³/mol. The molecule has 1 aromatic carbocycles. The van der Waals surface area contributed by atoms with Gasteiger partial charge in [0.15, 0.2) is 0 Å². The van der Waals surface area contributed by atoms with E-state index in [-0.39, 0.29) is 6.17 Å². The smallest absolute Gasteiger partial charge is 0.404 e. The van der Waals surface area contributed by atoms with E-state index in [2.05, 4.69) is 10.2 Å². The van der Waals surface area contributed by atoms with Crippen molar-refractivity contribution < 1.29 is 14.4 Å². The van der Waals surface area contributed by atoms with Crippen molar-refractivity contribution in [1.82, 2.24) is 15.3 Å². The van der Waals surface area contributed by atoms with Gasteiger partial charge < -0.3 is 10.4 Å². The first-order valence-electron chi connectivity index (χ1n) is 8.07. The van der Waals surface area contributed by atoms with Crippen molar-refractivity contribution in [3.63, 3.8) is 0 Å². The number of amides is 1. The summed E-state index contributed by atoms with van der Waals surface area (Å²) in [6, 6.07) is 7.91. The number of halogens is 1. The molecule has 1 aromatic rings. The number of hydrogen-bond acceptors (Lipinski definition) is 3. The summed E-state index contributed by atoms with van der Waals surface area (Å²) in [6.07, 6.45) is 4.76. The molecule has 1 unspecified atom stereocenters. The lowest BCUT2D eigenvalue weighted by Crippen LogP contribution is -2.42. The van der Waals surface area contributed by atoms with Gasteiger partial charge >= 0.3 is 6.09 Å². The number of nitrogens with zero attached hydrogens (tertiary/aromatic N) is 2. The molecule has 1 saturated heterocycles. The Morgan fingerprint density at radius 3 is 2.78 bits per heavy atom. The maximum Gasteiger partial charge on any atom is 0.404 e. The van der Waals surface area contributed by atoms with Gasteiger partial charge in [0.25, 0.3) is 0 Å². The van der Waals surface area contributed by atoms with E-state index in [1.165, 1.54) is 6.20 Å². The van der Waals surface area contributed by atoms with Gasteiger partial charge in [-0.15, -0.1) is 0 Å². The van der Waals surface area contributed by atoms with Crippen LogP contribution < -0.4 is 5.32 Å². The fourth-order valence-corrected chi connectivity index (χ4v) is 3.49. The van der Waals surface area contributed by atoms with Gasteiger partial charge in [0.1, 0.15) is 6.17 Å². The molecule has 0 spiro atoms. The number of nitrogens with one attached hydrogen (secondary N) is 1. The second-order valence-corrected chi connectivity index (χ2v) is 6.16. The molecule has 23 heavy (non-hydrogen) atoms. The Kier molecular flexibility index (Phi) is 4.81. The molecule has 0 saturated carbocycles. The van der Waals surface area contributed by atoms with Crippen LogP contribution in [-0.2, 0) is 0 Å². The van der Waals surface area contributed by atoms with Crippen molar-refractivity contribution in [3.8, 4) is 0 Å². The zero-order valence-electron chi connectivity index (χ0n) is 13.0. The third-order valence-electron chi connectivity index (χ3n) is 4.73. The summed E-state index contributed by atoms with van der Waals surface area (Å²) in [5, 5.41) is 11.8. The van der Waals surface area contributed by atoms with Crippen molar-refractivity contribution in [2.75, 3.05) is 19.6 Å². The quantitative estimate of drug-likeness (QED) is 0.837. The van der Waals surface area contributed by atoms with Gasteiger partial charge in [0.2, 0.25) is 0 Å². The van der Waals surface area contributed by atoms with E-state index in [4.69, 9.17) is 5.11 Å². The van der Waals surface area contributed by atoms with E-state index < -0.39 is 6.09 Å². The first kappa shape index (κ1) is 15.8. The minimum absolute atomic E-state index is 0.353. The van der Waals surface area contributed by atoms with Gasteiger partial charge in [-0.3, -0.25) is 4.90 Å². The van der Waals surface area contributed by atoms with Crippen molar-refractivity contribution >= 4 is 12.2 Å². The SMILES string of the molecule is O=C(O)NCCC1CCN(C2c3ccccc3C=CN2F)CC1. The topological polar surface area (TPSA) is 55.8 Å². The minimum Gasteiger partial charge on any atom is -0.465 e. The van der Waals surface area contributed by atoms with Crippen LogP contribution in [0, 0.1) is 5.92 Å². The Morgan fingerprint density at radius 2 is 2.04 bits per heavy atom. The number of piperidine rings is 1. The van der Waals surface area contributed by atoms with Gasteiger partial charge in [0, 0.05) is 25.8 Å². The van der Waals surface area contributed by atoms with Crippen LogP contribution >= 0.6 is 0 Å². The molecule has 0 bridgehead atoms. The van der Waals surface area contributed by atoms with Gasteiger partial charge in [-0.25, -0.2) is 4.79 Å². The number of fused-ring (bicyclic) bond motifs is 1. The zero-order valence-corrected chi connectivity index (χ0v) is 13.0. The monoisotopic (exact) mass is 319 g/mol. The lowest BCUT2D eigenvalue weighted by atomic mass is 9.92. The molecule has 2 aliphatic rings. The Hall–Kier alpha value is -2.08. The van der Waals surface area contributed by atoms with Crippen LogP contribution in [0.15, 0.2) is 30.5 Å². The molecular formula is C17H22FN3O2. The molecule has 124 valence electrons. The zero-order chi connectivity index (χ0) is 16.2. The van der Waals surface area contributed by atoms with E-state index in [1.807, 2.05) is 24.3 Å². The second-order valence-electron chi connectivity index (χ2n) is 6.16. The minimum atomic E-state index is -0.971. The number of likely N-dealkylation sites (tertiary alicyclic amines) is 1. The normalized spacial score (nSPS) is 22.0. The molecule has 3 rings (SSSR count). The van der Waals surface area contributed by atoms with Crippen LogP contribution in [0.2, 0.25) is 0 Å². The predicted octanol–water partition coefficient (Wildman–Crippen LogP) is 3.23. The second kappa shape index (κ2) is 7.00. The standard InChI is InChI=1S/C17H22FN3O2/c18-21-12-8-14-3-1-2-4-15(14)16(21)20-10-6-13(7-11-20)5-9-19-17(22)23/h1-4,8,12-13,16,19H,5-7,9-11H2,(H,22,23). The van der Waals surface area contributed by atoms with Gasteiger partial charge in [0.05, 0.1) is 0 Å². The Bertz CT molecular complexity index is 585. The van der Waals surface area contributed by atoms with E-state index in [9.17, 15) is 9.28 Å². The van der Waals surface area contributed by atoms with E-state index in [1.54, 1.807) is 6.08 Å². The molecule has 5 nitrogen and oxygen atoms in total. The maximum atomic E-state index is 14.3. The summed E-state index contributed by atoms with van der Waals surface area (Å²) < 4.78 is 14.3. The van der Waals surface area contributed by atoms with Gasteiger partial charge in [-0.05, 0) is 42.4 Å². The average Bonchev–Trinajstić information content (AvgIpc) is 2.55. The number of hydrogen-bond donors (Lipinski definition) is 2. The molecule has 1 fully saturated rings. The van der Waals surface area contributed by atoms with E-state index in [0.29, 0.717) is 12.5 Å². The number of carboxylic acid groups (broad SMARTS) is 1. The first-order valence-corrected chi connectivity index (χ1v) is 8.07. The van der Waals surface area contributed by atoms with Crippen LogP contribution in [0.4, 0.5) is 9.28 Å². The average molecular weight is 319 g/mol. The molecule has 6 heteroatoms. The van der Waals surface area contributed by atoms with E-state index >= 15 is 0 Å². The van der Waals surface area contributed by atoms with Crippen LogP contribution in [0.5, 0.6) is 0 Å². The molecule has 2 heterocycles. The Morgan fingerprint density at radius 1 is 1.30 bits per heavy atom. The highest BCUT2D eigenvalue weighted by Gasteiger charge is 2.32. The molecular weight excluding hydrogens is 297 g/mol. The van der Waals surface area contributed by atoms with Crippen LogP contribution in [0.1, 0.15) is 36.6 Å². The third-order valence-corrected chi connectivity index (χ3v) is 4.73. The lowest BCUT2D eigenvalue weighted by Gasteiger charge is -2.41. The Balaban J connectivity index is 1.59. The first-order chi connectivity index (χ1) is 11.1. The lowest BCUT2D eigenvalue weighted by molar-refractivity contribution is -0.0646. The summed E-state index contributed by atoms with van der Waals surface area (Å²) in [4.78, 5) is 12.6. The number of rotatable bonds is 4. The summed E-state index contributed by atoms with van der Waals surface area (Å²) in [5.74, 6) is 0.500. The molecule has 0 radical (unpaired) electrons. The molecule has 1 atom stereocenters. The van der Waals surface area contributed by atoms with Crippen molar-refractivity contribution in [2.24, 2.45) is 5.92 Å². The molecule has 1 amide bonds. The molecule has 2 N–H and O–H groups in total. The largest absolute Gasteiger partial charge is 0.465 e. The summed E-state index contributed by atoms with van der Waals surface area (Å²) in [7, 11) is 0. The molecule has 2 aliphatic heterocycles. The van der Waals surface area contributed by atoms with Gasteiger partial charge in [-0.2, -0.15) is 5.12 Å². The highest BCUT2D eigenvalue weighted by molar-refractivity contribution is 5.64. The fourth-order valence-electron chi connectivity index (χ4n) is 3.49. The maximum absolute atomic E-state index is 14.3. The van der Waals surface area contributed by atoms with Crippen molar-refractivity contribution in [1.29, 1.82) is 0 Å². The third kappa shape index (κ3) is 3.64. The van der Waals surface area contributed by atoms with Gasteiger partial charge in [-0.1, -0.05) is 28.7 Å². The fraction of sp³-hybridized carbons (Fsp3) is 0.471. The van der Waals surface area contributed by atoms with Crippen LogP contribution in [-0.4, -0.2) is 40.9 Å².